The molecule has 1 N–H and O–H groups in total. The van der Waals surface area contributed by atoms with E-state index in [4.69, 9.17) is 21.4 Å². The number of benzene rings is 3. The van der Waals surface area contributed by atoms with E-state index >= 15 is 0 Å². The van der Waals surface area contributed by atoms with Crippen LogP contribution in [0.15, 0.2) is 78.9 Å². The second-order valence-corrected chi connectivity index (χ2v) is 8.82. The van der Waals surface area contributed by atoms with Gasteiger partial charge in [-0.15, -0.1) is 0 Å². The summed E-state index contributed by atoms with van der Waals surface area (Å²) in [4.78, 5) is 13.4. The van der Waals surface area contributed by atoms with Crippen molar-refractivity contribution in [3.8, 4) is 5.69 Å². The van der Waals surface area contributed by atoms with Crippen LogP contribution in [0.1, 0.15) is 45.8 Å². The number of halogens is 2. The van der Waals surface area contributed by atoms with Gasteiger partial charge in [-0.25, -0.2) is 9.07 Å². The summed E-state index contributed by atoms with van der Waals surface area (Å²) in [6.07, 6.45) is 1.93. The van der Waals surface area contributed by atoms with Gasteiger partial charge < -0.3 is 10.1 Å². The van der Waals surface area contributed by atoms with Crippen molar-refractivity contribution < 1.29 is 13.9 Å². The van der Waals surface area contributed by atoms with E-state index in [0.717, 1.165) is 28.1 Å². The summed E-state index contributed by atoms with van der Waals surface area (Å²) in [5.74, 6) is -0.581. The molecule has 1 aliphatic rings. The number of nitrogens with zero attached hydrogens (tertiary/aromatic N) is 2. The predicted molar refractivity (Wildman–Crippen MR) is 135 cm³/mol. The van der Waals surface area contributed by atoms with Crippen molar-refractivity contribution in [2.24, 2.45) is 0 Å². The second kappa shape index (κ2) is 9.86. The Balaban J connectivity index is 1.58. The molecule has 35 heavy (non-hydrogen) atoms. The number of carbonyl (C=O) groups is 1. The van der Waals surface area contributed by atoms with E-state index in [1.54, 1.807) is 28.9 Å². The third-order valence-corrected chi connectivity index (χ3v) is 6.19. The fourth-order valence-electron chi connectivity index (χ4n) is 4.16. The smallest absolute Gasteiger partial charge is 0.272 e. The zero-order chi connectivity index (χ0) is 24.4. The lowest BCUT2D eigenvalue weighted by molar-refractivity contribution is 0.0926. The Kier molecular flexibility index (Phi) is 6.49. The largest absolute Gasteiger partial charge is 0.372 e. The molecule has 0 saturated carbocycles. The van der Waals surface area contributed by atoms with Crippen LogP contribution in [0, 0.1) is 5.82 Å². The van der Waals surface area contributed by atoms with Crippen molar-refractivity contribution in [2.45, 2.75) is 19.6 Å². The van der Waals surface area contributed by atoms with Gasteiger partial charge in [-0.2, -0.15) is 5.10 Å². The summed E-state index contributed by atoms with van der Waals surface area (Å²) >= 11 is 6.11. The number of rotatable bonds is 5. The van der Waals surface area contributed by atoms with Crippen LogP contribution in [0.25, 0.3) is 17.3 Å². The fraction of sp³-hybridized carbons (Fsp3) is 0.143. The summed E-state index contributed by atoms with van der Waals surface area (Å²) in [7, 11) is 0. The Labute approximate surface area is 207 Å². The molecule has 0 radical (unpaired) electrons. The van der Waals surface area contributed by atoms with Gasteiger partial charge in [-0.1, -0.05) is 54.1 Å². The number of hydrogen-bond acceptors (Lipinski definition) is 3. The van der Waals surface area contributed by atoms with E-state index < -0.39 is 0 Å². The Hall–Kier alpha value is -3.74. The minimum absolute atomic E-state index is 0.196. The quantitative estimate of drug-likeness (QED) is 0.363. The molecule has 1 aliphatic heterocycles. The average molecular weight is 488 g/mol. The van der Waals surface area contributed by atoms with Crippen molar-refractivity contribution in [1.29, 1.82) is 0 Å². The van der Waals surface area contributed by atoms with Crippen LogP contribution in [-0.2, 0) is 11.3 Å². The highest BCUT2D eigenvalue weighted by Gasteiger charge is 2.29. The fourth-order valence-corrected chi connectivity index (χ4v) is 4.29. The van der Waals surface area contributed by atoms with Gasteiger partial charge in [0.05, 0.1) is 30.6 Å². The minimum Gasteiger partial charge on any atom is -0.372 e. The molecule has 176 valence electrons. The Morgan fingerprint density at radius 3 is 2.49 bits per heavy atom. The maximum absolute atomic E-state index is 13.4. The molecule has 2 heterocycles. The monoisotopic (exact) mass is 487 g/mol. The van der Waals surface area contributed by atoms with Crippen molar-refractivity contribution in [3.63, 3.8) is 0 Å². The van der Waals surface area contributed by atoms with Crippen LogP contribution in [0.4, 0.5) is 4.39 Å². The zero-order valence-electron chi connectivity index (χ0n) is 19.0. The van der Waals surface area contributed by atoms with Gasteiger partial charge in [0.1, 0.15) is 5.82 Å². The third-order valence-electron chi connectivity index (χ3n) is 5.94. The van der Waals surface area contributed by atoms with Gasteiger partial charge in [0, 0.05) is 16.2 Å². The Bertz CT molecular complexity index is 1380. The van der Waals surface area contributed by atoms with E-state index in [9.17, 15) is 9.18 Å². The lowest BCUT2D eigenvalue weighted by Gasteiger charge is -2.19. The second-order valence-electron chi connectivity index (χ2n) is 8.38. The van der Waals surface area contributed by atoms with Crippen molar-refractivity contribution in [2.75, 3.05) is 6.61 Å². The van der Waals surface area contributed by atoms with Crippen LogP contribution in [0.2, 0.25) is 5.02 Å². The SMILES string of the molecule is C[C@@H](NC(=O)c1nn(-c2ccc(Cl)cc2)c2c1COCC2=Cc1ccc(F)cc1)c1ccccc1. The maximum Gasteiger partial charge on any atom is 0.272 e. The molecule has 5 rings (SSSR count). The highest BCUT2D eigenvalue weighted by atomic mass is 35.5. The maximum atomic E-state index is 13.4. The van der Waals surface area contributed by atoms with Gasteiger partial charge in [0.25, 0.3) is 5.91 Å². The van der Waals surface area contributed by atoms with Crippen molar-refractivity contribution in [3.05, 3.63) is 118 Å². The molecule has 1 aromatic heterocycles. The van der Waals surface area contributed by atoms with E-state index in [1.165, 1.54) is 12.1 Å². The molecule has 7 heteroatoms. The van der Waals surface area contributed by atoms with E-state index in [2.05, 4.69) is 5.32 Å². The normalized spacial score (nSPS) is 15.0. The van der Waals surface area contributed by atoms with Gasteiger partial charge >= 0.3 is 0 Å². The van der Waals surface area contributed by atoms with Crippen LogP contribution in [0.5, 0.6) is 0 Å². The summed E-state index contributed by atoms with van der Waals surface area (Å²) in [6.45, 7) is 2.53. The number of fused-ring (bicyclic) bond motifs is 1. The molecule has 1 atom stereocenters. The van der Waals surface area contributed by atoms with Crippen molar-refractivity contribution in [1.82, 2.24) is 15.1 Å². The highest BCUT2D eigenvalue weighted by Crippen LogP contribution is 2.33. The first-order chi connectivity index (χ1) is 17.0. The molecule has 1 amide bonds. The van der Waals surface area contributed by atoms with Gasteiger partial charge in [0.15, 0.2) is 5.69 Å². The Morgan fingerprint density at radius 1 is 1.06 bits per heavy atom. The van der Waals surface area contributed by atoms with Gasteiger partial charge in [-0.3, -0.25) is 4.79 Å². The van der Waals surface area contributed by atoms with Crippen LogP contribution < -0.4 is 5.32 Å². The number of nitrogens with one attached hydrogen (secondary N) is 1. The lowest BCUT2D eigenvalue weighted by Crippen LogP contribution is -2.28. The molecule has 0 saturated heterocycles. The predicted octanol–water partition coefficient (Wildman–Crippen LogP) is 6.23. The molecular formula is C28H23ClFN3O2. The molecule has 0 aliphatic carbocycles. The lowest BCUT2D eigenvalue weighted by atomic mass is 10.0. The molecule has 4 aromatic rings. The van der Waals surface area contributed by atoms with E-state index in [1.807, 2.05) is 55.5 Å². The number of ether oxygens (including phenoxy) is 1. The third kappa shape index (κ3) is 4.90. The zero-order valence-corrected chi connectivity index (χ0v) is 19.8. The number of aromatic nitrogens is 2. The first kappa shape index (κ1) is 23.0. The molecule has 3 aromatic carbocycles. The summed E-state index contributed by atoms with van der Waals surface area (Å²) < 4.78 is 21.0. The molecular weight excluding hydrogens is 465 g/mol. The minimum atomic E-state index is -0.301. The molecule has 5 nitrogen and oxygen atoms in total. The number of carbonyl (C=O) groups excluding carboxylic acids is 1. The molecule has 0 fully saturated rings. The summed E-state index contributed by atoms with van der Waals surface area (Å²) in [6, 6.07) is 23.1. The summed E-state index contributed by atoms with van der Waals surface area (Å²) in [5.41, 5.74) is 5.24. The van der Waals surface area contributed by atoms with Crippen molar-refractivity contribution >= 4 is 29.2 Å². The highest BCUT2D eigenvalue weighted by molar-refractivity contribution is 6.30. The molecule has 0 unspecified atom stereocenters. The standard InChI is InChI=1S/C28H23ClFN3O2/c1-18(20-5-3-2-4-6-20)31-28(34)26-25-17-35-16-21(15-19-7-11-23(30)12-8-19)27(25)33(32-26)24-13-9-22(29)10-14-24/h2-15,18H,16-17H2,1H3,(H,31,34)/t18-/m1/s1. The Morgan fingerprint density at radius 2 is 1.77 bits per heavy atom. The number of amides is 1. The topological polar surface area (TPSA) is 56.2 Å². The summed E-state index contributed by atoms with van der Waals surface area (Å²) in [5, 5.41) is 8.39. The first-order valence-electron chi connectivity index (χ1n) is 11.3. The number of hydrogen-bond donors (Lipinski definition) is 1. The van der Waals surface area contributed by atoms with Crippen LogP contribution >= 0.6 is 11.6 Å². The van der Waals surface area contributed by atoms with E-state index in [0.29, 0.717) is 22.9 Å². The first-order valence-corrected chi connectivity index (χ1v) is 11.7. The van der Waals surface area contributed by atoms with E-state index in [-0.39, 0.29) is 24.4 Å². The van der Waals surface area contributed by atoms with Crippen LogP contribution in [0.3, 0.4) is 0 Å². The van der Waals surface area contributed by atoms with Crippen LogP contribution in [-0.4, -0.2) is 22.3 Å². The molecule has 0 spiro atoms. The van der Waals surface area contributed by atoms with Gasteiger partial charge in [-0.05, 0) is 60.5 Å². The molecule has 0 bridgehead atoms. The van der Waals surface area contributed by atoms with Gasteiger partial charge in [0.2, 0.25) is 0 Å². The average Bonchev–Trinajstić information content (AvgIpc) is 3.27.